The summed E-state index contributed by atoms with van der Waals surface area (Å²) >= 11 is 1.39. The molecule has 156 valence electrons. The summed E-state index contributed by atoms with van der Waals surface area (Å²) in [5.74, 6) is -0.726. The van der Waals surface area contributed by atoms with Crippen molar-refractivity contribution in [3.8, 4) is 0 Å². The van der Waals surface area contributed by atoms with Gasteiger partial charge in [0.2, 0.25) is 0 Å². The number of methoxy groups -OCH3 is 1. The van der Waals surface area contributed by atoms with E-state index in [-0.39, 0.29) is 18.4 Å². The van der Waals surface area contributed by atoms with E-state index in [9.17, 15) is 9.59 Å². The molecular weight excluding hydrogens is 408 g/mol. The summed E-state index contributed by atoms with van der Waals surface area (Å²) in [5.41, 5.74) is 4.76. The van der Waals surface area contributed by atoms with Crippen molar-refractivity contribution in [2.75, 3.05) is 7.11 Å². The zero-order chi connectivity index (χ0) is 21.8. The minimum absolute atomic E-state index is 0.00345. The predicted molar refractivity (Wildman–Crippen MR) is 122 cm³/mol. The standard InChI is InChI=1S/C25H22N2O3S/c1-17-7-6-10-21-23(17)27(16-22(28)30-2)25(31-21)26-24(29)20-13-11-19(12-14-20)15-18-8-4-3-5-9-18/h3-14H,15-16H2,1-2H3. The van der Waals surface area contributed by atoms with Gasteiger partial charge >= 0.3 is 5.97 Å². The lowest BCUT2D eigenvalue weighted by molar-refractivity contribution is -0.141. The Morgan fingerprint density at radius 3 is 2.35 bits per heavy atom. The van der Waals surface area contributed by atoms with Crippen LogP contribution in [0.4, 0.5) is 0 Å². The van der Waals surface area contributed by atoms with E-state index in [0.29, 0.717) is 10.4 Å². The number of aryl methyl sites for hydroxylation is 1. The Kier molecular flexibility index (Phi) is 6.09. The van der Waals surface area contributed by atoms with Crippen molar-refractivity contribution in [3.05, 3.63) is 99.9 Å². The molecular formula is C25H22N2O3S. The van der Waals surface area contributed by atoms with E-state index < -0.39 is 0 Å². The van der Waals surface area contributed by atoms with Gasteiger partial charge in [-0.25, -0.2) is 0 Å². The van der Waals surface area contributed by atoms with Gasteiger partial charge in [-0.2, -0.15) is 4.99 Å². The maximum atomic E-state index is 12.9. The average Bonchev–Trinajstić information content (AvgIpc) is 3.12. The summed E-state index contributed by atoms with van der Waals surface area (Å²) in [5, 5.41) is 0. The number of nitrogens with zero attached hydrogens (tertiary/aromatic N) is 2. The second-order valence-electron chi connectivity index (χ2n) is 7.24. The molecule has 31 heavy (non-hydrogen) atoms. The van der Waals surface area contributed by atoms with Gasteiger partial charge in [0.1, 0.15) is 6.54 Å². The first kappa shape index (κ1) is 20.8. The molecule has 0 aliphatic carbocycles. The summed E-state index contributed by atoms with van der Waals surface area (Å²) in [7, 11) is 1.35. The van der Waals surface area contributed by atoms with Gasteiger partial charge < -0.3 is 9.30 Å². The number of hydrogen-bond donors (Lipinski definition) is 0. The van der Waals surface area contributed by atoms with Crippen LogP contribution in [0.3, 0.4) is 0 Å². The fourth-order valence-electron chi connectivity index (χ4n) is 3.48. The quantitative estimate of drug-likeness (QED) is 0.438. The number of amides is 1. The zero-order valence-electron chi connectivity index (χ0n) is 17.4. The second-order valence-corrected chi connectivity index (χ2v) is 8.25. The number of carbonyl (C=O) groups is 2. The molecule has 0 spiro atoms. The number of ether oxygens (including phenoxy) is 1. The van der Waals surface area contributed by atoms with Crippen LogP contribution in [-0.2, 0) is 22.5 Å². The van der Waals surface area contributed by atoms with E-state index in [1.54, 1.807) is 16.7 Å². The van der Waals surface area contributed by atoms with Gasteiger partial charge in [-0.1, -0.05) is 65.9 Å². The molecule has 0 radical (unpaired) electrons. The Morgan fingerprint density at radius 2 is 1.65 bits per heavy atom. The van der Waals surface area contributed by atoms with Crippen LogP contribution in [0.25, 0.3) is 10.2 Å². The molecule has 1 aromatic heterocycles. The van der Waals surface area contributed by atoms with E-state index in [1.165, 1.54) is 24.0 Å². The number of para-hydroxylation sites is 1. The van der Waals surface area contributed by atoms with Gasteiger partial charge in [0.15, 0.2) is 4.80 Å². The highest BCUT2D eigenvalue weighted by atomic mass is 32.1. The number of esters is 1. The second kappa shape index (κ2) is 9.10. The minimum atomic E-state index is -0.387. The van der Waals surface area contributed by atoms with E-state index in [2.05, 4.69) is 17.1 Å². The van der Waals surface area contributed by atoms with Crippen LogP contribution in [0.15, 0.2) is 77.8 Å². The Hall–Kier alpha value is -3.51. The van der Waals surface area contributed by atoms with Crippen LogP contribution in [0.5, 0.6) is 0 Å². The molecule has 1 heterocycles. The molecule has 0 saturated carbocycles. The molecule has 0 bridgehead atoms. The molecule has 0 unspecified atom stereocenters. The largest absolute Gasteiger partial charge is 0.468 e. The van der Waals surface area contributed by atoms with Gasteiger partial charge in [-0.05, 0) is 48.2 Å². The van der Waals surface area contributed by atoms with Crippen LogP contribution >= 0.6 is 11.3 Å². The maximum absolute atomic E-state index is 12.9. The highest BCUT2D eigenvalue weighted by molar-refractivity contribution is 7.16. The molecule has 3 aromatic carbocycles. The molecule has 0 aliphatic heterocycles. The molecule has 1 amide bonds. The zero-order valence-corrected chi connectivity index (χ0v) is 18.2. The molecule has 4 rings (SSSR count). The number of benzene rings is 3. The Morgan fingerprint density at radius 1 is 0.935 bits per heavy atom. The summed E-state index contributed by atoms with van der Waals surface area (Å²) in [4.78, 5) is 29.7. The Bertz CT molecular complexity index is 1300. The monoisotopic (exact) mass is 430 g/mol. The maximum Gasteiger partial charge on any atom is 0.325 e. The third-order valence-electron chi connectivity index (χ3n) is 5.07. The van der Waals surface area contributed by atoms with Crippen molar-refractivity contribution in [2.45, 2.75) is 19.9 Å². The number of fused-ring (bicyclic) bond motifs is 1. The third-order valence-corrected chi connectivity index (χ3v) is 6.11. The van der Waals surface area contributed by atoms with Crippen molar-refractivity contribution >= 4 is 33.4 Å². The molecule has 0 fully saturated rings. The summed E-state index contributed by atoms with van der Waals surface area (Å²) < 4.78 is 7.56. The Balaban J connectivity index is 1.66. The van der Waals surface area contributed by atoms with E-state index >= 15 is 0 Å². The normalized spacial score (nSPS) is 11.6. The van der Waals surface area contributed by atoms with Crippen molar-refractivity contribution < 1.29 is 14.3 Å². The smallest absolute Gasteiger partial charge is 0.325 e. The van der Waals surface area contributed by atoms with E-state index in [1.807, 2.05) is 55.5 Å². The van der Waals surface area contributed by atoms with Crippen LogP contribution in [0.2, 0.25) is 0 Å². The van der Waals surface area contributed by atoms with Gasteiger partial charge in [0.05, 0.1) is 17.3 Å². The highest BCUT2D eigenvalue weighted by Crippen LogP contribution is 2.21. The number of rotatable bonds is 5. The molecule has 4 aromatic rings. The van der Waals surface area contributed by atoms with Crippen molar-refractivity contribution in [2.24, 2.45) is 4.99 Å². The van der Waals surface area contributed by atoms with Gasteiger partial charge in [0.25, 0.3) is 5.91 Å². The van der Waals surface area contributed by atoms with E-state index in [0.717, 1.165) is 27.8 Å². The molecule has 0 N–H and O–H groups in total. The van der Waals surface area contributed by atoms with Crippen molar-refractivity contribution in [3.63, 3.8) is 0 Å². The molecule has 6 heteroatoms. The van der Waals surface area contributed by atoms with Crippen LogP contribution in [0.1, 0.15) is 27.0 Å². The fraction of sp³-hybridized carbons (Fsp3) is 0.160. The first-order valence-corrected chi connectivity index (χ1v) is 10.7. The lowest BCUT2D eigenvalue weighted by atomic mass is 10.0. The number of aromatic nitrogens is 1. The van der Waals surface area contributed by atoms with E-state index in [4.69, 9.17) is 4.74 Å². The first-order chi connectivity index (χ1) is 15.0. The SMILES string of the molecule is COC(=O)Cn1c(=NC(=O)c2ccc(Cc3ccccc3)cc2)sc2cccc(C)c21. The van der Waals surface area contributed by atoms with Crippen LogP contribution < -0.4 is 4.80 Å². The summed E-state index contributed by atoms with van der Waals surface area (Å²) in [6.07, 6.45) is 0.807. The molecule has 5 nitrogen and oxygen atoms in total. The van der Waals surface area contributed by atoms with Gasteiger partial charge in [0, 0.05) is 5.56 Å². The number of thiazole rings is 1. The summed E-state index contributed by atoms with van der Waals surface area (Å²) in [6, 6.07) is 23.6. The van der Waals surface area contributed by atoms with Gasteiger partial charge in [-0.15, -0.1) is 0 Å². The lowest BCUT2D eigenvalue weighted by Crippen LogP contribution is -2.22. The lowest BCUT2D eigenvalue weighted by Gasteiger charge is -2.06. The minimum Gasteiger partial charge on any atom is -0.468 e. The van der Waals surface area contributed by atoms with Crippen molar-refractivity contribution in [1.82, 2.24) is 4.57 Å². The predicted octanol–water partition coefficient (Wildman–Crippen LogP) is 4.52. The highest BCUT2D eigenvalue weighted by Gasteiger charge is 2.14. The van der Waals surface area contributed by atoms with Crippen LogP contribution in [0, 0.1) is 6.92 Å². The fourth-order valence-corrected chi connectivity index (χ4v) is 4.59. The average molecular weight is 431 g/mol. The van der Waals surface area contributed by atoms with Crippen LogP contribution in [-0.4, -0.2) is 23.6 Å². The first-order valence-electron chi connectivity index (χ1n) is 9.93. The summed E-state index contributed by atoms with van der Waals surface area (Å²) in [6.45, 7) is 1.98. The Labute approximate surface area is 184 Å². The molecule has 0 aliphatic rings. The number of hydrogen-bond acceptors (Lipinski definition) is 4. The number of carbonyl (C=O) groups excluding carboxylic acids is 2. The topological polar surface area (TPSA) is 60.7 Å². The molecule has 0 atom stereocenters. The molecule has 0 saturated heterocycles. The third kappa shape index (κ3) is 4.64. The van der Waals surface area contributed by atoms with Gasteiger partial charge in [-0.3, -0.25) is 9.59 Å². The van der Waals surface area contributed by atoms with Crippen molar-refractivity contribution in [1.29, 1.82) is 0 Å².